The zero-order chi connectivity index (χ0) is 13.3. The number of nitrogens with zero attached hydrogens (tertiary/aromatic N) is 2. The third-order valence-corrected chi connectivity index (χ3v) is 3.56. The molecule has 2 aromatic heterocycles. The molecule has 0 bridgehead atoms. The number of carbonyl (C=O) groups excluding carboxylic acids is 1. The van der Waals surface area contributed by atoms with Crippen molar-refractivity contribution >= 4 is 40.0 Å². The van der Waals surface area contributed by atoms with Crippen molar-refractivity contribution in [2.75, 3.05) is 0 Å². The lowest BCUT2D eigenvalue weighted by Crippen LogP contribution is -2.28. The highest BCUT2D eigenvalue weighted by Gasteiger charge is 2.22. The minimum absolute atomic E-state index is 0.452. The monoisotopic (exact) mass is 376 g/mol. The third kappa shape index (κ3) is 2.92. The third-order valence-electron chi connectivity index (χ3n) is 2.09. The summed E-state index contributed by atoms with van der Waals surface area (Å²) in [6.07, 6.45) is 1.21. The van der Waals surface area contributed by atoms with E-state index in [1.165, 1.54) is 4.68 Å². The zero-order valence-electron chi connectivity index (χ0n) is 10.3. The Labute approximate surface area is 123 Å². The minimum Gasteiger partial charge on any atom is -0.442 e. The Kier molecular flexibility index (Phi) is 3.76. The van der Waals surface area contributed by atoms with Gasteiger partial charge in [-0.2, -0.15) is 21.1 Å². The van der Waals surface area contributed by atoms with E-state index in [2.05, 4.69) is 27.7 Å². The number of aromatic nitrogens is 2. The zero-order valence-corrected chi connectivity index (χ0v) is 13.3. The van der Waals surface area contributed by atoms with Gasteiger partial charge >= 0.3 is 6.09 Å². The summed E-state index contributed by atoms with van der Waals surface area (Å²) in [4.78, 5) is 12.1. The molecule has 0 aliphatic heterocycles. The maximum atomic E-state index is 12.1. The van der Waals surface area contributed by atoms with E-state index in [1.54, 1.807) is 17.5 Å². The number of thiophene rings is 1. The molecule has 2 rings (SSSR count). The summed E-state index contributed by atoms with van der Waals surface area (Å²) >= 11 is 3.75. The second kappa shape index (κ2) is 5.00. The van der Waals surface area contributed by atoms with Crippen molar-refractivity contribution in [3.8, 4) is 11.3 Å². The van der Waals surface area contributed by atoms with Crippen molar-refractivity contribution in [3.63, 3.8) is 0 Å². The van der Waals surface area contributed by atoms with Gasteiger partial charge in [0.1, 0.15) is 5.60 Å². The van der Waals surface area contributed by atoms with Crippen LogP contribution in [0.15, 0.2) is 23.0 Å². The topological polar surface area (TPSA) is 44.1 Å². The van der Waals surface area contributed by atoms with Crippen molar-refractivity contribution in [3.05, 3.63) is 26.6 Å². The molecule has 0 saturated carbocycles. The minimum atomic E-state index is -0.527. The smallest absolute Gasteiger partial charge is 0.435 e. The lowest BCUT2D eigenvalue weighted by molar-refractivity contribution is 0.0518. The van der Waals surface area contributed by atoms with Crippen LogP contribution >= 0.6 is 33.9 Å². The Balaban J connectivity index is 2.38. The molecule has 0 aliphatic rings. The highest BCUT2D eigenvalue weighted by atomic mass is 127. The largest absolute Gasteiger partial charge is 0.442 e. The molecule has 0 radical (unpaired) electrons. The summed E-state index contributed by atoms with van der Waals surface area (Å²) in [5.41, 5.74) is 1.24. The van der Waals surface area contributed by atoms with Crippen LogP contribution in [0.2, 0.25) is 0 Å². The number of hydrogen-bond donors (Lipinski definition) is 0. The summed E-state index contributed by atoms with van der Waals surface area (Å²) in [7, 11) is 0. The van der Waals surface area contributed by atoms with Gasteiger partial charge < -0.3 is 4.74 Å². The molecular weight excluding hydrogens is 363 g/mol. The summed E-state index contributed by atoms with van der Waals surface area (Å²) < 4.78 is 7.58. The van der Waals surface area contributed by atoms with Crippen molar-refractivity contribution in [2.45, 2.75) is 26.4 Å². The van der Waals surface area contributed by atoms with Crippen molar-refractivity contribution in [1.82, 2.24) is 9.78 Å². The van der Waals surface area contributed by atoms with Crippen LogP contribution in [0.4, 0.5) is 4.79 Å². The van der Waals surface area contributed by atoms with Gasteiger partial charge in [-0.1, -0.05) is 0 Å². The average molecular weight is 376 g/mol. The van der Waals surface area contributed by atoms with Crippen LogP contribution in [0.1, 0.15) is 20.8 Å². The first-order valence-corrected chi connectivity index (χ1v) is 7.40. The van der Waals surface area contributed by atoms with Crippen LogP contribution in [-0.2, 0) is 4.74 Å². The molecular formula is C12H13IN2O2S. The van der Waals surface area contributed by atoms with E-state index in [-0.39, 0.29) is 0 Å². The van der Waals surface area contributed by atoms with Gasteiger partial charge in [-0.05, 0) is 54.8 Å². The Hall–Kier alpha value is -0.890. The lowest BCUT2D eigenvalue weighted by Gasteiger charge is -2.19. The molecule has 0 aliphatic carbocycles. The molecule has 2 heterocycles. The first-order chi connectivity index (χ1) is 8.38. The first kappa shape index (κ1) is 13.5. The molecule has 0 spiro atoms. The Morgan fingerprint density at radius 1 is 1.50 bits per heavy atom. The van der Waals surface area contributed by atoms with Crippen LogP contribution in [0.5, 0.6) is 0 Å². The van der Waals surface area contributed by atoms with Gasteiger partial charge in [0.2, 0.25) is 0 Å². The molecule has 96 valence electrons. The van der Waals surface area contributed by atoms with E-state index >= 15 is 0 Å². The van der Waals surface area contributed by atoms with E-state index in [9.17, 15) is 4.79 Å². The Morgan fingerprint density at radius 2 is 2.22 bits per heavy atom. The number of carbonyl (C=O) groups is 1. The molecule has 2 aromatic rings. The molecule has 18 heavy (non-hydrogen) atoms. The molecule has 0 fully saturated rings. The van der Waals surface area contributed by atoms with Crippen LogP contribution in [0, 0.1) is 3.57 Å². The molecule has 6 heteroatoms. The fourth-order valence-corrected chi connectivity index (χ4v) is 2.74. The van der Waals surface area contributed by atoms with Crippen LogP contribution in [0.3, 0.4) is 0 Å². The summed E-state index contributed by atoms with van der Waals surface area (Å²) in [6.45, 7) is 5.51. The molecule has 0 amide bonds. The van der Waals surface area contributed by atoms with Crippen molar-refractivity contribution in [1.29, 1.82) is 0 Å². The molecule has 0 unspecified atom stereocenters. The van der Waals surface area contributed by atoms with Crippen LogP contribution < -0.4 is 0 Å². The Bertz CT molecular complexity index is 555. The highest BCUT2D eigenvalue weighted by molar-refractivity contribution is 14.1. The molecule has 4 nitrogen and oxygen atoms in total. The lowest BCUT2D eigenvalue weighted by atomic mass is 10.2. The second-order valence-corrected chi connectivity index (χ2v) is 6.69. The van der Waals surface area contributed by atoms with Gasteiger partial charge in [0.15, 0.2) is 0 Å². The predicted molar refractivity (Wildman–Crippen MR) is 79.9 cm³/mol. The fraction of sp³-hybridized carbons (Fsp3) is 0.333. The van der Waals surface area contributed by atoms with Crippen molar-refractivity contribution in [2.24, 2.45) is 0 Å². The molecule has 0 atom stereocenters. The van der Waals surface area contributed by atoms with E-state index in [1.807, 2.05) is 37.6 Å². The van der Waals surface area contributed by atoms with E-state index in [0.29, 0.717) is 0 Å². The Morgan fingerprint density at radius 3 is 2.78 bits per heavy atom. The van der Waals surface area contributed by atoms with E-state index in [0.717, 1.165) is 14.8 Å². The average Bonchev–Trinajstić information content (AvgIpc) is 2.82. The number of rotatable bonds is 1. The standard InChI is InChI=1S/C12H13IN2O2S/c1-12(2,3)17-11(16)15-10(9(13)6-14-15)8-4-5-18-7-8/h4-7H,1-3H3. The van der Waals surface area contributed by atoms with Crippen molar-refractivity contribution < 1.29 is 9.53 Å². The molecule has 0 N–H and O–H groups in total. The maximum Gasteiger partial charge on any atom is 0.435 e. The fourth-order valence-electron chi connectivity index (χ4n) is 1.43. The highest BCUT2D eigenvalue weighted by Crippen LogP contribution is 2.27. The first-order valence-electron chi connectivity index (χ1n) is 5.38. The SMILES string of the molecule is CC(C)(C)OC(=O)n1ncc(I)c1-c1ccsc1. The van der Waals surface area contributed by atoms with Gasteiger partial charge in [0, 0.05) is 10.9 Å². The summed E-state index contributed by atoms with van der Waals surface area (Å²) in [5, 5.41) is 8.05. The van der Waals surface area contributed by atoms with Gasteiger partial charge in [0.25, 0.3) is 0 Å². The number of halogens is 1. The molecule has 0 aromatic carbocycles. The van der Waals surface area contributed by atoms with E-state index in [4.69, 9.17) is 4.74 Å². The summed E-state index contributed by atoms with van der Waals surface area (Å²) in [5.74, 6) is 0. The van der Waals surface area contributed by atoms with Gasteiger partial charge in [0.05, 0.1) is 15.5 Å². The van der Waals surface area contributed by atoms with E-state index < -0.39 is 11.7 Å². The molecule has 0 saturated heterocycles. The normalized spacial score (nSPS) is 11.6. The maximum absolute atomic E-state index is 12.1. The van der Waals surface area contributed by atoms with Crippen LogP contribution in [0.25, 0.3) is 11.3 Å². The second-order valence-electron chi connectivity index (χ2n) is 4.75. The van der Waals surface area contributed by atoms with Gasteiger partial charge in [-0.25, -0.2) is 4.79 Å². The van der Waals surface area contributed by atoms with Gasteiger partial charge in [-0.15, -0.1) is 0 Å². The number of hydrogen-bond acceptors (Lipinski definition) is 4. The predicted octanol–water partition coefficient (Wildman–Crippen LogP) is 4.00. The number of ether oxygens (including phenoxy) is 1. The van der Waals surface area contributed by atoms with Crippen LogP contribution in [-0.4, -0.2) is 21.5 Å². The quantitative estimate of drug-likeness (QED) is 0.707. The van der Waals surface area contributed by atoms with Gasteiger partial charge in [-0.3, -0.25) is 0 Å². The summed E-state index contributed by atoms with van der Waals surface area (Å²) in [6, 6.07) is 1.96.